The number of aromatic nitrogens is 1. The Hall–Kier alpha value is -3.59. The Bertz CT molecular complexity index is 1230. The van der Waals surface area contributed by atoms with Crippen molar-refractivity contribution in [3.63, 3.8) is 0 Å². The van der Waals surface area contributed by atoms with E-state index in [1.807, 2.05) is 23.6 Å². The minimum atomic E-state index is -1.23. The zero-order chi connectivity index (χ0) is 24.4. The molecule has 0 saturated carbocycles. The molecule has 1 N–H and O–H groups in total. The van der Waals surface area contributed by atoms with Gasteiger partial charge in [-0.25, -0.2) is 9.18 Å². The highest BCUT2D eigenvalue weighted by molar-refractivity contribution is 7.09. The number of halogens is 1. The summed E-state index contributed by atoms with van der Waals surface area (Å²) < 4.78 is 13.6. The van der Waals surface area contributed by atoms with E-state index >= 15 is 0 Å². The molecule has 2 fully saturated rings. The first kappa shape index (κ1) is 23.2. The number of nitrogens with zero attached hydrogens (tertiary/aromatic N) is 3. The standard InChI is InChI=1S/C26H25FN4O3S/c27-21-6-1-4-18(16-21)23(32)30-12-8-19(9-13-30)26(20-5-2-11-28-17-20)24(33)31(25(34)29-26)14-10-22-7-3-15-35-22/h1-7,11,15-17,19H,8-10,12-14H2,(H,29,34)/t26-/m0/s1. The van der Waals surface area contributed by atoms with E-state index in [9.17, 15) is 18.8 Å². The van der Waals surface area contributed by atoms with Crippen LogP contribution < -0.4 is 5.32 Å². The predicted octanol–water partition coefficient (Wildman–Crippen LogP) is 3.82. The number of carbonyl (C=O) groups is 3. The van der Waals surface area contributed by atoms with Gasteiger partial charge in [-0.1, -0.05) is 18.2 Å². The van der Waals surface area contributed by atoms with Gasteiger partial charge in [0.1, 0.15) is 5.82 Å². The highest BCUT2D eigenvalue weighted by Crippen LogP contribution is 2.41. The normalized spacial score (nSPS) is 20.8. The van der Waals surface area contributed by atoms with E-state index in [1.165, 1.54) is 23.1 Å². The van der Waals surface area contributed by atoms with Gasteiger partial charge in [-0.3, -0.25) is 19.5 Å². The van der Waals surface area contributed by atoms with Crippen LogP contribution in [0.5, 0.6) is 0 Å². The summed E-state index contributed by atoms with van der Waals surface area (Å²) in [6.07, 6.45) is 4.89. The van der Waals surface area contributed by atoms with E-state index in [2.05, 4.69) is 10.3 Å². The molecule has 0 spiro atoms. The first-order valence-electron chi connectivity index (χ1n) is 11.6. The summed E-state index contributed by atoms with van der Waals surface area (Å²) in [5, 5.41) is 4.99. The van der Waals surface area contributed by atoms with Gasteiger partial charge in [-0.05, 0) is 60.9 Å². The number of nitrogens with one attached hydrogen (secondary N) is 1. The maximum Gasteiger partial charge on any atom is 0.325 e. The van der Waals surface area contributed by atoms with Gasteiger partial charge in [0.2, 0.25) is 0 Å². The van der Waals surface area contributed by atoms with E-state index in [-0.39, 0.29) is 17.7 Å². The second kappa shape index (κ2) is 9.58. The van der Waals surface area contributed by atoms with E-state index in [4.69, 9.17) is 0 Å². The van der Waals surface area contributed by atoms with E-state index in [1.54, 1.807) is 40.8 Å². The lowest BCUT2D eigenvalue weighted by Gasteiger charge is -2.41. The molecule has 2 aliphatic rings. The fraction of sp³-hybridized carbons (Fsp3) is 0.308. The second-order valence-electron chi connectivity index (χ2n) is 8.84. The highest BCUT2D eigenvalue weighted by atomic mass is 32.1. The van der Waals surface area contributed by atoms with Crippen molar-refractivity contribution in [3.8, 4) is 0 Å². The van der Waals surface area contributed by atoms with Gasteiger partial charge >= 0.3 is 6.03 Å². The number of urea groups is 1. The van der Waals surface area contributed by atoms with Crippen molar-refractivity contribution in [2.45, 2.75) is 24.8 Å². The average Bonchev–Trinajstić information content (AvgIpc) is 3.49. The van der Waals surface area contributed by atoms with E-state index in [0.29, 0.717) is 50.0 Å². The Morgan fingerprint density at radius 3 is 2.66 bits per heavy atom. The third kappa shape index (κ3) is 4.32. The predicted molar refractivity (Wildman–Crippen MR) is 129 cm³/mol. The van der Waals surface area contributed by atoms with Gasteiger partial charge in [0.25, 0.3) is 11.8 Å². The summed E-state index contributed by atoms with van der Waals surface area (Å²) in [5.41, 5.74) is -0.281. The van der Waals surface area contributed by atoms with E-state index in [0.717, 1.165) is 4.88 Å². The zero-order valence-electron chi connectivity index (χ0n) is 19.0. The van der Waals surface area contributed by atoms with Gasteiger partial charge in [-0.2, -0.15) is 0 Å². The molecule has 2 aliphatic heterocycles. The number of carbonyl (C=O) groups excluding carboxylic acids is 3. The zero-order valence-corrected chi connectivity index (χ0v) is 19.8. The lowest BCUT2D eigenvalue weighted by atomic mass is 9.73. The summed E-state index contributed by atoms with van der Waals surface area (Å²) in [4.78, 5) is 48.1. The molecule has 4 heterocycles. The van der Waals surface area contributed by atoms with Crippen LogP contribution in [0.25, 0.3) is 0 Å². The number of hydrogen-bond donors (Lipinski definition) is 1. The summed E-state index contributed by atoms with van der Waals surface area (Å²) in [5.74, 6) is -1.19. The summed E-state index contributed by atoms with van der Waals surface area (Å²) in [7, 11) is 0. The molecule has 7 nitrogen and oxygen atoms in total. The number of likely N-dealkylation sites (tertiary alicyclic amines) is 1. The monoisotopic (exact) mass is 492 g/mol. The lowest BCUT2D eigenvalue weighted by molar-refractivity contribution is -0.134. The third-order valence-corrected chi connectivity index (χ3v) is 7.81. The van der Waals surface area contributed by atoms with Crippen LogP contribution in [0.4, 0.5) is 9.18 Å². The van der Waals surface area contributed by atoms with Crippen LogP contribution >= 0.6 is 11.3 Å². The molecule has 5 rings (SSSR count). The molecule has 180 valence electrons. The first-order valence-corrected chi connectivity index (χ1v) is 12.5. The molecule has 1 aromatic carbocycles. The van der Waals surface area contributed by atoms with Crippen LogP contribution in [0.1, 0.15) is 33.6 Å². The number of pyridine rings is 1. The Morgan fingerprint density at radius 2 is 1.97 bits per heavy atom. The van der Waals surface area contributed by atoms with Gasteiger partial charge < -0.3 is 10.2 Å². The Balaban J connectivity index is 1.37. The third-order valence-electron chi connectivity index (χ3n) is 6.88. The number of hydrogen-bond acceptors (Lipinski definition) is 5. The van der Waals surface area contributed by atoms with Crippen molar-refractivity contribution in [1.82, 2.24) is 20.1 Å². The molecule has 0 radical (unpaired) electrons. The van der Waals surface area contributed by atoms with Crippen LogP contribution in [-0.4, -0.2) is 52.3 Å². The van der Waals surface area contributed by atoms with Gasteiger partial charge in [-0.15, -0.1) is 11.3 Å². The molecular weight excluding hydrogens is 467 g/mol. The Kier molecular flexibility index (Phi) is 6.34. The van der Waals surface area contributed by atoms with Crippen molar-refractivity contribution in [3.05, 3.63) is 88.1 Å². The smallest absolute Gasteiger partial charge is 0.325 e. The van der Waals surface area contributed by atoms with Crippen molar-refractivity contribution >= 4 is 29.2 Å². The van der Waals surface area contributed by atoms with Gasteiger partial charge in [0.15, 0.2) is 5.54 Å². The maximum absolute atomic E-state index is 13.9. The molecule has 2 aromatic heterocycles. The number of amides is 4. The number of piperidine rings is 1. The number of thiophene rings is 1. The minimum absolute atomic E-state index is 0.216. The van der Waals surface area contributed by atoms with Crippen molar-refractivity contribution in [1.29, 1.82) is 0 Å². The molecule has 35 heavy (non-hydrogen) atoms. The molecule has 1 atom stereocenters. The summed E-state index contributed by atoms with van der Waals surface area (Å²) >= 11 is 1.59. The van der Waals surface area contributed by atoms with Crippen LogP contribution in [0.15, 0.2) is 66.3 Å². The molecular formula is C26H25FN4O3S. The van der Waals surface area contributed by atoms with Crippen molar-refractivity contribution in [2.75, 3.05) is 19.6 Å². The van der Waals surface area contributed by atoms with E-state index < -0.39 is 17.4 Å². The summed E-state index contributed by atoms with van der Waals surface area (Å²) in [6.45, 7) is 1.10. The molecule has 0 unspecified atom stereocenters. The summed E-state index contributed by atoms with van der Waals surface area (Å²) in [6, 6.07) is 12.8. The number of rotatable bonds is 6. The largest absolute Gasteiger partial charge is 0.339 e. The van der Waals surface area contributed by atoms with Crippen molar-refractivity contribution < 1.29 is 18.8 Å². The average molecular weight is 493 g/mol. The molecule has 3 aromatic rings. The Morgan fingerprint density at radius 1 is 1.14 bits per heavy atom. The lowest BCUT2D eigenvalue weighted by Crippen LogP contribution is -2.54. The molecule has 2 saturated heterocycles. The minimum Gasteiger partial charge on any atom is -0.339 e. The SMILES string of the molecule is O=C(c1cccc(F)c1)N1CCC([C@@]2(c3cccnc3)NC(=O)N(CCc3cccs3)C2=O)CC1. The quantitative estimate of drug-likeness (QED) is 0.531. The van der Waals surface area contributed by atoms with Crippen LogP contribution in [0.3, 0.4) is 0 Å². The van der Waals surface area contributed by atoms with Crippen molar-refractivity contribution in [2.24, 2.45) is 5.92 Å². The number of benzene rings is 1. The van der Waals surface area contributed by atoms with Gasteiger partial charge in [0.05, 0.1) is 0 Å². The maximum atomic E-state index is 13.9. The van der Waals surface area contributed by atoms with Crippen LogP contribution in [-0.2, 0) is 16.8 Å². The number of imide groups is 1. The molecule has 4 amide bonds. The van der Waals surface area contributed by atoms with Crippen LogP contribution in [0.2, 0.25) is 0 Å². The fourth-order valence-electron chi connectivity index (χ4n) is 5.10. The first-order chi connectivity index (χ1) is 17.0. The second-order valence-corrected chi connectivity index (χ2v) is 9.88. The fourth-order valence-corrected chi connectivity index (χ4v) is 5.80. The highest BCUT2D eigenvalue weighted by Gasteiger charge is 2.57. The van der Waals surface area contributed by atoms with Gasteiger partial charge in [0, 0.05) is 48.0 Å². The molecule has 9 heteroatoms. The molecule has 0 aliphatic carbocycles. The van der Waals surface area contributed by atoms with Crippen LogP contribution in [0, 0.1) is 11.7 Å². The Labute approximate surface area is 206 Å². The topological polar surface area (TPSA) is 82.6 Å². The molecule has 0 bridgehead atoms.